The summed E-state index contributed by atoms with van der Waals surface area (Å²) in [4.78, 5) is 33.1. The first-order chi connectivity index (χ1) is 13.0. The second-order valence-corrected chi connectivity index (χ2v) is 7.06. The van der Waals surface area contributed by atoms with Crippen LogP contribution in [0.1, 0.15) is 17.9 Å². The van der Waals surface area contributed by atoms with Gasteiger partial charge in [-0.1, -0.05) is 17.7 Å². The molecule has 1 aromatic heterocycles. The van der Waals surface area contributed by atoms with E-state index in [-0.39, 0.29) is 18.2 Å². The number of hydrogen-bond acceptors (Lipinski definition) is 4. The molecule has 0 aliphatic carbocycles. The number of benzene rings is 1. The molecule has 27 heavy (non-hydrogen) atoms. The van der Waals surface area contributed by atoms with E-state index >= 15 is 0 Å². The molecule has 0 bridgehead atoms. The molecule has 3 heterocycles. The number of pyridine rings is 1. The fraction of sp³-hybridized carbons (Fsp3) is 0.316. The standard InChI is InChI=1S/C19H18ClFN4O2/c20-15-2-1-5-22-18(15)24-6-8-25(9-7-24)19(27)14-11-17(26)23-16-10-12(21)3-4-13(14)16/h1-5,10,14H,6-9,11H2,(H,23,26). The number of carbonyl (C=O) groups excluding carboxylic acids is 2. The Hall–Kier alpha value is -2.67. The first-order valence-electron chi connectivity index (χ1n) is 8.76. The summed E-state index contributed by atoms with van der Waals surface area (Å²) >= 11 is 6.20. The van der Waals surface area contributed by atoms with Crippen molar-refractivity contribution in [1.82, 2.24) is 9.88 Å². The van der Waals surface area contributed by atoms with Crippen LogP contribution in [0.15, 0.2) is 36.5 Å². The topological polar surface area (TPSA) is 65.5 Å². The summed E-state index contributed by atoms with van der Waals surface area (Å²) < 4.78 is 13.5. The second kappa shape index (κ2) is 7.15. The summed E-state index contributed by atoms with van der Waals surface area (Å²) in [6.07, 6.45) is 1.76. The van der Waals surface area contributed by atoms with E-state index in [9.17, 15) is 14.0 Å². The van der Waals surface area contributed by atoms with Crippen molar-refractivity contribution in [3.05, 3.63) is 52.9 Å². The van der Waals surface area contributed by atoms with Gasteiger partial charge in [0.05, 0.1) is 10.9 Å². The second-order valence-electron chi connectivity index (χ2n) is 6.66. The first kappa shape index (κ1) is 17.7. The summed E-state index contributed by atoms with van der Waals surface area (Å²) in [5.41, 5.74) is 1.04. The van der Waals surface area contributed by atoms with Crippen LogP contribution < -0.4 is 10.2 Å². The molecule has 0 radical (unpaired) electrons. The van der Waals surface area contributed by atoms with Gasteiger partial charge >= 0.3 is 0 Å². The zero-order chi connectivity index (χ0) is 19.0. The molecule has 2 amide bonds. The van der Waals surface area contributed by atoms with Crippen LogP contribution in [-0.2, 0) is 9.59 Å². The number of rotatable bonds is 2. The first-order valence-corrected chi connectivity index (χ1v) is 9.14. The van der Waals surface area contributed by atoms with Gasteiger partial charge in [0.2, 0.25) is 11.8 Å². The fourth-order valence-corrected chi connectivity index (χ4v) is 3.87. The lowest BCUT2D eigenvalue weighted by Gasteiger charge is -2.38. The third-order valence-corrected chi connectivity index (χ3v) is 5.28. The maximum atomic E-state index is 13.5. The summed E-state index contributed by atoms with van der Waals surface area (Å²) in [7, 11) is 0. The molecule has 1 atom stereocenters. The third kappa shape index (κ3) is 3.47. The van der Waals surface area contributed by atoms with E-state index < -0.39 is 11.7 Å². The van der Waals surface area contributed by atoms with Gasteiger partial charge in [0.25, 0.3) is 0 Å². The summed E-state index contributed by atoms with van der Waals surface area (Å²) in [6, 6.07) is 7.72. The number of carbonyl (C=O) groups is 2. The molecule has 1 fully saturated rings. The molecule has 1 N–H and O–H groups in total. The summed E-state index contributed by atoms with van der Waals surface area (Å²) in [5.74, 6) is -0.693. The predicted molar refractivity (Wildman–Crippen MR) is 100 cm³/mol. The van der Waals surface area contributed by atoms with E-state index in [1.54, 1.807) is 29.3 Å². The van der Waals surface area contributed by atoms with E-state index in [0.717, 1.165) is 0 Å². The normalized spacial score (nSPS) is 19.5. The molecule has 8 heteroatoms. The van der Waals surface area contributed by atoms with Gasteiger partial charge in [0.1, 0.15) is 11.6 Å². The molecular weight excluding hydrogens is 371 g/mol. The van der Waals surface area contributed by atoms with Gasteiger partial charge < -0.3 is 15.1 Å². The van der Waals surface area contributed by atoms with Gasteiger partial charge in [-0.25, -0.2) is 9.37 Å². The number of halogens is 2. The van der Waals surface area contributed by atoms with Crippen LogP contribution in [0.4, 0.5) is 15.9 Å². The van der Waals surface area contributed by atoms with Crippen molar-refractivity contribution in [2.75, 3.05) is 36.4 Å². The van der Waals surface area contributed by atoms with Gasteiger partial charge in [0.15, 0.2) is 0 Å². The predicted octanol–water partition coefficient (Wildman–Crippen LogP) is 2.65. The molecule has 2 aliphatic rings. The van der Waals surface area contributed by atoms with Crippen LogP contribution in [0.3, 0.4) is 0 Å². The molecule has 0 spiro atoms. The molecule has 2 aromatic rings. The van der Waals surface area contributed by atoms with E-state index in [1.165, 1.54) is 12.1 Å². The lowest BCUT2D eigenvalue weighted by molar-refractivity contribution is -0.135. The van der Waals surface area contributed by atoms with Gasteiger partial charge in [-0.3, -0.25) is 9.59 Å². The third-order valence-electron chi connectivity index (χ3n) is 4.98. The zero-order valence-electron chi connectivity index (χ0n) is 14.5. The van der Waals surface area contributed by atoms with Gasteiger partial charge in [-0.15, -0.1) is 0 Å². The average Bonchev–Trinajstić information content (AvgIpc) is 2.67. The highest BCUT2D eigenvalue weighted by molar-refractivity contribution is 6.32. The number of amides is 2. The van der Waals surface area contributed by atoms with Crippen LogP contribution >= 0.6 is 11.6 Å². The molecule has 2 aliphatic heterocycles. The van der Waals surface area contributed by atoms with Gasteiger partial charge in [-0.2, -0.15) is 0 Å². The Balaban J connectivity index is 1.49. The Bertz CT molecular complexity index is 899. The Morgan fingerprint density at radius 1 is 1.22 bits per heavy atom. The molecule has 140 valence electrons. The minimum Gasteiger partial charge on any atom is -0.352 e. The van der Waals surface area contributed by atoms with E-state index in [1.807, 2.05) is 4.90 Å². The lowest BCUT2D eigenvalue weighted by Crippen LogP contribution is -2.51. The monoisotopic (exact) mass is 388 g/mol. The lowest BCUT2D eigenvalue weighted by atomic mass is 9.89. The fourth-order valence-electron chi connectivity index (χ4n) is 3.63. The number of anilines is 2. The molecule has 0 saturated carbocycles. The molecule has 1 aromatic carbocycles. The summed E-state index contributed by atoms with van der Waals surface area (Å²) in [5, 5.41) is 3.22. The van der Waals surface area contributed by atoms with Crippen LogP contribution in [0.5, 0.6) is 0 Å². The summed E-state index contributed by atoms with van der Waals surface area (Å²) in [6.45, 7) is 2.25. The Morgan fingerprint density at radius 2 is 2.00 bits per heavy atom. The van der Waals surface area contributed by atoms with Crippen molar-refractivity contribution in [2.45, 2.75) is 12.3 Å². The van der Waals surface area contributed by atoms with Crippen LogP contribution in [0.2, 0.25) is 5.02 Å². The zero-order valence-corrected chi connectivity index (χ0v) is 15.2. The Kier molecular flexibility index (Phi) is 4.70. The highest BCUT2D eigenvalue weighted by Crippen LogP contribution is 2.34. The number of aromatic nitrogens is 1. The van der Waals surface area contributed by atoms with E-state index in [0.29, 0.717) is 48.3 Å². The number of hydrogen-bond donors (Lipinski definition) is 1. The SMILES string of the molecule is O=C1CC(C(=O)N2CCN(c3ncccc3Cl)CC2)c2ccc(F)cc2N1. The van der Waals surface area contributed by atoms with Crippen LogP contribution in [0, 0.1) is 5.82 Å². The minimum absolute atomic E-state index is 0.0732. The molecule has 1 saturated heterocycles. The quantitative estimate of drug-likeness (QED) is 0.859. The van der Waals surface area contributed by atoms with Crippen LogP contribution in [0.25, 0.3) is 0 Å². The molecule has 6 nitrogen and oxygen atoms in total. The van der Waals surface area contributed by atoms with Crippen LogP contribution in [-0.4, -0.2) is 47.9 Å². The smallest absolute Gasteiger partial charge is 0.230 e. The van der Waals surface area contributed by atoms with E-state index in [2.05, 4.69) is 10.3 Å². The van der Waals surface area contributed by atoms with Crippen molar-refractivity contribution in [2.24, 2.45) is 0 Å². The average molecular weight is 389 g/mol. The molecular formula is C19H18ClFN4O2. The van der Waals surface area contributed by atoms with E-state index in [4.69, 9.17) is 11.6 Å². The number of piperazine rings is 1. The maximum absolute atomic E-state index is 13.5. The van der Waals surface area contributed by atoms with Crippen molar-refractivity contribution in [3.63, 3.8) is 0 Å². The largest absolute Gasteiger partial charge is 0.352 e. The number of nitrogens with one attached hydrogen (secondary N) is 1. The number of nitrogens with zero attached hydrogens (tertiary/aromatic N) is 3. The van der Waals surface area contributed by atoms with Crippen molar-refractivity contribution < 1.29 is 14.0 Å². The highest BCUT2D eigenvalue weighted by atomic mass is 35.5. The number of fused-ring (bicyclic) bond motifs is 1. The Morgan fingerprint density at radius 3 is 2.74 bits per heavy atom. The highest BCUT2D eigenvalue weighted by Gasteiger charge is 2.35. The molecule has 4 rings (SSSR count). The van der Waals surface area contributed by atoms with Gasteiger partial charge in [0, 0.05) is 44.5 Å². The molecule has 1 unspecified atom stereocenters. The Labute approximate surface area is 160 Å². The maximum Gasteiger partial charge on any atom is 0.230 e. The van der Waals surface area contributed by atoms with Crippen molar-refractivity contribution in [3.8, 4) is 0 Å². The van der Waals surface area contributed by atoms with Gasteiger partial charge in [-0.05, 0) is 29.8 Å². The minimum atomic E-state index is -0.584. The van der Waals surface area contributed by atoms with Crippen molar-refractivity contribution in [1.29, 1.82) is 0 Å². The van der Waals surface area contributed by atoms with Crippen molar-refractivity contribution >= 4 is 34.9 Å².